The predicted octanol–water partition coefficient (Wildman–Crippen LogP) is 1.58. The fourth-order valence-electron chi connectivity index (χ4n) is 3.50. The van der Waals surface area contributed by atoms with Crippen LogP contribution in [0.5, 0.6) is 5.75 Å². The summed E-state index contributed by atoms with van der Waals surface area (Å²) in [4.78, 5) is 18.4. The van der Waals surface area contributed by atoms with Gasteiger partial charge in [-0.15, -0.1) is 11.8 Å². The third-order valence-corrected chi connectivity index (χ3v) is 6.24. The van der Waals surface area contributed by atoms with Crippen LogP contribution >= 0.6 is 11.8 Å². The summed E-state index contributed by atoms with van der Waals surface area (Å²) in [5.41, 5.74) is 0. The summed E-state index contributed by atoms with van der Waals surface area (Å²) in [5.74, 6) is 2.19. The van der Waals surface area contributed by atoms with Gasteiger partial charge in [0.25, 0.3) is 0 Å². The average molecular weight is 320 g/mol. The van der Waals surface area contributed by atoms with E-state index < -0.39 is 0 Å². The van der Waals surface area contributed by atoms with E-state index >= 15 is 0 Å². The lowest BCUT2D eigenvalue weighted by atomic mass is 9.91. The number of hydrogen-bond donors (Lipinski definition) is 0. The Morgan fingerprint density at radius 2 is 2.41 bits per heavy atom. The van der Waals surface area contributed by atoms with Crippen LogP contribution in [0.1, 0.15) is 12.8 Å². The van der Waals surface area contributed by atoms with Crippen LogP contribution in [0.2, 0.25) is 0 Å². The molecule has 2 unspecified atom stereocenters. The minimum absolute atomic E-state index is 0.0891. The number of thioether (sulfide) groups is 1. The highest BCUT2D eigenvalue weighted by Gasteiger charge is 2.52. The zero-order valence-electron chi connectivity index (χ0n) is 12.4. The van der Waals surface area contributed by atoms with E-state index in [-0.39, 0.29) is 22.7 Å². The summed E-state index contributed by atoms with van der Waals surface area (Å²) in [5, 5.41) is 0. The van der Waals surface area contributed by atoms with E-state index in [1.807, 2.05) is 28.8 Å². The average Bonchev–Trinajstić information content (AvgIpc) is 3.16. The molecule has 3 fully saturated rings. The molecule has 0 radical (unpaired) electrons. The summed E-state index contributed by atoms with van der Waals surface area (Å²) in [6.07, 6.45) is 5.62. The third-order valence-electron chi connectivity index (χ3n) is 4.66. The normalized spacial score (nSPS) is 29.5. The molecule has 118 valence electrons. The molecule has 1 spiro atoms. The zero-order chi connectivity index (χ0) is 15.0. The molecule has 0 N–H and O–H groups in total. The molecule has 3 aliphatic rings. The number of nitrogens with zero attached hydrogens (tertiary/aromatic N) is 2. The minimum Gasteiger partial charge on any atom is -0.488 e. The fourth-order valence-corrected chi connectivity index (χ4v) is 5.02. The molecule has 1 aromatic rings. The van der Waals surface area contributed by atoms with Gasteiger partial charge in [-0.2, -0.15) is 0 Å². The molecule has 2 atom stereocenters. The number of hydrogen-bond acceptors (Lipinski definition) is 5. The van der Waals surface area contributed by atoms with E-state index in [4.69, 9.17) is 9.47 Å². The summed E-state index contributed by atoms with van der Waals surface area (Å²) >= 11 is 1.95. The molecular weight excluding hydrogens is 300 g/mol. The van der Waals surface area contributed by atoms with Crippen molar-refractivity contribution >= 4 is 17.7 Å². The first-order chi connectivity index (χ1) is 10.7. The molecule has 1 amide bonds. The first-order valence-corrected chi connectivity index (χ1v) is 8.80. The third kappa shape index (κ3) is 2.70. The monoisotopic (exact) mass is 320 g/mol. The van der Waals surface area contributed by atoms with E-state index in [0.717, 1.165) is 44.0 Å². The number of aromatic nitrogens is 1. The molecule has 0 aliphatic carbocycles. The van der Waals surface area contributed by atoms with Gasteiger partial charge in [0.1, 0.15) is 11.9 Å². The van der Waals surface area contributed by atoms with Gasteiger partial charge in [0.05, 0.1) is 23.5 Å². The molecule has 4 heterocycles. The van der Waals surface area contributed by atoms with Crippen molar-refractivity contribution in [1.29, 1.82) is 0 Å². The molecule has 1 aromatic heterocycles. The Morgan fingerprint density at radius 1 is 1.50 bits per heavy atom. The van der Waals surface area contributed by atoms with E-state index in [1.165, 1.54) is 0 Å². The summed E-state index contributed by atoms with van der Waals surface area (Å²) in [7, 11) is 0. The Kier molecular flexibility index (Phi) is 3.74. The fraction of sp³-hybridized carbons (Fsp3) is 0.625. The van der Waals surface area contributed by atoms with Crippen LogP contribution in [0.3, 0.4) is 0 Å². The van der Waals surface area contributed by atoms with Crippen molar-refractivity contribution < 1.29 is 14.3 Å². The molecule has 0 bridgehead atoms. The Morgan fingerprint density at radius 3 is 3.14 bits per heavy atom. The first-order valence-electron chi connectivity index (χ1n) is 7.81. The van der Waals surface area contributed by atoms with Gasteiger partial charge >= 0.3 is 0 Å². The van der Waals surface area contributed by atoms with Gasteiger partial charge in [0, 0.05) is 38.1 Å². The summed E-state index contributed by atoms with van der Waals surface area (Å²) in [6, 6.07) is 3.83. The quantitative estimate of drug-likeness (QED) is 0.846. The van der Waals surface area contributed by atoms with Crippen LogP contribution in [0.15, 0.2) is 24.5 Å². The minimum atomic E-state index is 0.0891. The Hall–Kier alpha value is -1.27. The first kappa shape index (κ1) is 14.3. The van der Waals surface area contributed by atoms with Gasteiger partial charge in [-0.25, -0.2) is 0 Å². The van der Waals surface area contributed by atoms with Gasteiger partial charge in [-0.1, -0.05) is 0 Å². The molecule has 0 saturated carbocycles. The number of ether oxygens (including phenoxy) is 2. The molecule has 0 aromatic carbocycles. The Balaban J connectivity index is 1.29. The van der Waals surface area contributed by atoms with Crippen LogP contribution in [0, 0.1) is 5.92 Å². The number of amides is 1. The van der Waals surface area contributed by atoms with Crippen LogP contribution < -0.4 is 4.74 Å². The predicted molar refractivity (Wildman–Crippen MR) is 84.0 cm³/mol. The van der Waals surface area contributed by atoms with Gasteiger partial charge in [0.15, 0.2) is 0 Å². The van der Waals surface area contributed by atoms with Crippen molar-refractivity contribution in [2.24, 2.45) is 5.92 Å². The maximum absolute atomic E-state index is 12.3. The highest BCUT2D eigenvalue weighted by molar-refractivity contribution is 8.01. The number of rotatable bonds is 3. The second-order valence-electron chi connectivity index (χ2n) is 6.38. The number of carbonyl (C=O) groups is 1. The standard InChI is InChI=1S/C16H20N2O3S/c19-15(12-3-5-20-8-12)18-10-16(11-18)6-14(9-22-16)21-13-2-1-4-17-7-13/h1-2,4,7,12,14H,3,5-6,8-11H2. The molecule has 5 nitrogen and oxygen atoms in total. The van der Waals surface area contributed by atoms with Gasteiger partial charge in [-0.3, -0.25) is 9.78 Å². The smallest absolute Gasteiger partial charge is 0.228 e. The van der Waals surface area contributed by atoms with Crippen molar-refractivity contribution in [1.82, 2.24) is 9.88 Å². The summed E-state index contributed by atoms with van der Waals surface area (Å²) in [6.45, 7) is 3.05. The zero-order valence-corrected chi connectivity index (χ0v) is 13.3. The Bertz CT molecular complexity index is 542. The second kappa shape index (κ2) is 5.74. The number of pyridine rings is 1. The molecule has 6 heteroatoms. The second-order valence-corrected chi connectivity index (χ2v) is 7.87. The van der Waals surface area contributed by atoms with E-state index in [2.05, 4.69) is 4.98 Å². The van der Waals surface area contributed by atoms with Crippen LogP contribution in [-0.2, 0) is 9.53 Å². The lowest BCUT2D eigenvalue weighted by Gasteiger charge is -2.48. The molecular formula is C16H20N2O3S. The van der Waals surface area contributed by atoms with E-state index in [9.17, 15) is 4.79 Å². The highest BCUT2D eigenvalue weighted by Crippen LogP contribution is 2.46. The molecule has 3 aliphatic heterocycles. The SMILES string of the molecule is O=C(C1CCOC1)N1CC2(CC(Oc3cccnc3)CS2)C1. The maximum Gasteiger partial charge on any atom is 0.228 e. The lowest BCUT2D eigenvalue weighted by molar-refractivity contribution is -0.141. The van der Waals surface area contributed by atoms with E-state index in [0.29, 0.717) is 6.61 Å². The molecule has 3 saturated heterocycles. The van der Waals surface area contributed by atoms with E-state index in [1.54, 1.807) is 12.4 Å². The number of carbonyl (C=O) groups excluding carboxylic acids is 1. The molecule has 22 heavy (non-hydrogen) atoms. The topological polar surface area (TPSA) is 51.7 Å². The van der Waals surface area contributed by atoms with Crippen LogP contribution in [0.4, 0.5) is 0 Å². The van der Waals surface area contributed by atoms with Crippen molar-refractivity contribution in [3.63, 3.8) is 0 Å². The van der Waals surface area contributed by atoms with Crippen molar-refractivity contribution in [2.45, 2.75) is 23.7 Å². The van der Waals surface area contributed by atoms with Gasteiger partial charge in [0.2, 0.25) is 5.91 Å². The van der Waals surface area contributed by atoms with Crippen molar-refractivity contribution in [2.75, 3.05) is 32.1 Å². The molecule has 4 rings (SSSR count). The highest BCUT2D eigenvalue weighted by atomic mass is 32.2. The van der Waals surface area contributed by atoms with Crippen LogP contribution in [0.25, 0.3) is 0 Å². The van der Waals surface area contributed by atoms with Gasteiger partial charge < -0.3 is 14.4 Å². The largest absolute Gasteiger partial charge is 0.488 e. The number of likely N-dealkylation sites (tertiary alicyclic amines) is 1. The van der Waals surface area contributed by atoms with Gasteiger partial charge in [-0.05, 0) is 18.6 Å². The van der Waals surface area contributed by atoms with Crippen molar-refractivity contribution in [3.05, 3.63) is 24.5 Å². The van der Waals surface area contributed by atoms with Crippen molar-refractivity contribution in [3.8, 4) is 5.75 Å². The van der Waals surface area contributed by atoms with Crippen LogP contribution in [-0.4, -0.2) is 58.7 Å². The summed E-state index contributed by atoms with van der Waals surface area (Å²) < 4.78 is 11.5. The maximum atomic E-state index is 12.3. The lowest BCUT2D eigenvalue weighted by Crippen LogP contribution is -2.62. The Labute approximate surface area is 134 Å².